The summed E-state index contributed by atoms with van der Waals surface area (Å²) in [7, 11) is 0. The number of aromatic nitrogens is 2. The first-order chi connectivity index (χ1) is 14.0. The molecule has 1 aromatic heterocycles. The average Bonchev–Trinajstić information content (AvgIpc) is 3.25. The molecule has 4 rings (SSSR count). The van der Waals surface area contributed by atoms with Crippen LogP contribution in [0.2, 0.25) is 5.02 Å². The molecule has 0 unspecified atom stereocenters. The number of carbonyl (C=O) groups is 1. The summed E-state index contributed by atoms with van der Waals surface area (Å²) >= 11 is 6.24. The van der Waals surface area contributed by atoms with Crippen molar-refractivity contribution in [3.05, 3.63) is 41.2 Å². The molecule has 1 aliphatic carbocycles. The topological polar surface area (TPSA) is 58.6 Å². The minimum Gasteiger partial charge on any atom is -0.437 e. The number of nitrogens with zero attached hydrogens (tertiary/aromatic N) is 4. The van der Waals surface area contributed by atoms with E-state index in [4.69, 9.17) is 16.3 Å². The van der Waals surface area contributed by atoms with Crippen molar-refractivity contribution in [2.75, 3.05) is 24.5 Å². The maximum Gasteiger partial charge on any atom is 0.226 e. The highest BCUT2D eigenvalue weighted by molar-refractivity contribution is 6.32. The zero-order valence-corrected chi connectivity index (χ0v) is 17.7. The molecular formula is C22H27ClN4O2. The van der Waals surface area contributed by atoms with Crippen molar-refractivity contribution in [1.82, 2.24) is 14.9 Å². The highest BCUT2D eigenvalue weighted by Crippen LogP contribution is 2.31. The lowest BCUT2D eigenvalue weighted by molar-refractivity contribution is -0.137. The molecule has 1 aromatic carbocycles. The summed E-state index contributed by atoms with van der Waals surface area (Å²) in [5.74, 6) is 2.40. The fourth-order valence-corrected chi connectivity index (χ4v) is 4.42. The second-order valence-corrected chi connectivity index (χ2v) is 8.47. The average molecular weight is 415 g/mol. The second-order valence-electron chi connectivity index (χ2n) is 8.06. The molecule has 2 fully saturated rings. The van der Waals surface area contributed by atoms with Gasteiger partial charge in [0.05, 0.1) is 5.02 Å². The monoisotopic (exact) mass is 414 g/mol. The van der Waals surface area contributed by atoms with E-state index >= 15 is 0 Å². The number of hydrogen-bond acceptors (Lipinski definition) is 5. The third-order valence-electron chi connectivity index (χ3n) is 5.87. The van der Waals surface area contributed by atoms with Crippen molar-refractivity contribution in [2.45, 2.75) is 45.6 Å². The molecule has 1 amide bonds. The molecule has 2 aromatic rings. The van der Waals surface area contributed by atoms with Gasteiger partial charge in [-0.2, -0.15) is 0 Å². The van der Waals surface area contributed by atoms with E-state index in [0.29, 0.717) is 22.6 Å². The van der Waals surface area contributed by atoms with E-state index in [1.165, 1.54) is 19.2 Å². The highest BCUT2D eigenvalue weighted by atomic mass is 35.5. The van der Waals surface area contributed by atoms with Crippen molar-refractivity contribution in [3.8, 4) is 11.6 Å². The van der Waals surface area contributed by atoms with Crippen LogP contribution in [-0.2, 0) is 4.79 Å². The summed E-state index contributed by atoms with van der Waals surface area (Å²) in [5, 5.41) is 0.545. The number of halogens is 1. The molecule has 2 aliphatic rings. The van der Waals surface area contributed by atoms with Crippen molar-refractivity contribution in [3.63, 3.8) is 0 Å². The van der Waals surface area contributed by atoms with E-state index in [1.54, 1.807) is 0 Å². The van der Waals surface area contributed by atoms with Crippen LogP contribution in [0.25, 0.3) is 0 Å². The minimum atomic E-state index is 0.155. The summed E-state index contributed by atoms with van der Waals surface area (Å²) in [6, 6.07) is 7.63. The van der Waals surface area contributed by atoms with Gasteiger partial charge >= 0.3 is 0 Å². The van der Waals surface area contributed by atoms with Gasteiger partial charge in [0.1, 0.15) is 17.9 Å². The molecule has 0 spiro atoms. The van der Waals surface area contributed by atoms with Gasteiger partial charge in [-0.05, 0) is 44.4 Å². The third kappa shape index (κ3) is 4.47. The Hall–Kier alpha value is -2.34. The zero-order valence-electron chi connectivity index (χ0n) is 17.0. The van der Waals surface area contributed by atoms with E-state index < -0.39 is 0 Å². The lowest BCUT2D eigenvalue weighted by Crippen LogP contribution is -2.55. The van der Waals surface area contributed by atoms with Crippen LogP contribution >= 0.6 is 11.6 Å². The lowest BCUT2D eigenvalue weighted by Gasteiger charge is -2.41. The molecule has 1 saturated heterocycles. The molecule has 1 saturated carbocycles. The standard InChI is InChI=1S/C22H27ClN4O2/c1-15-7-8-18(23)19(11-15)29-21-12-20(24-14-25-21)26-9-10-27(16(2)13-26)22(28)17-5-3-4-6-17/h7-8,11-12,14,16-17H,3-6,9-10,13H2,1-2H3/t16-/m0/s1. The van der Waals surface area contributed by atoms with Crippen LogP contribution < -0.4 is 9.64 Å². The van der Waals surface area contributed by atoms with Gasteiger partial charge in [-0.3, -0.25) is 4.79 Å². The fraction of sp³-hybridized carbons (Fsp3) is 0.500. The van der Waals surface area contributed by atoms with Crippen LogP contribution in [0.15, 0.2) is 30.6 Å². The third-order valence-corrected chi connectivity index (χ3v) is 6.18. The van der Waals surface area contributed by atoms with Crippen LogP contribution in [0.4, 0.5) is 5.82 Å². The second kappa shape index (κ2) is 8.57. The molecule has 1 aliphatic heterocycles. The zero-order chi connectivity index (χ0) is 20.4. The number of piperazine rings is 1. The normalized spacial score (nSPS) is 20.2. The molecule has 1 atom stereocenters. The summed E-state index contributed by atoms with van der Waals surface area (Å²) in [6.07, 6.45) is 5.95. The Balaban J connectivity index is 1.44. The maximum atomic E-state index is 12.8. The van der Waals surface area contributed by atoms with Gasteiger partial charge in [0.25, 0.3) is 0 Å². The van der Waals surface area contributed by atoms with Crippen LogP contribution in [0, 0.1) is 12.8 Å². The fourth-order valence-electron chi connectivity index (χ4n) is 4.26. The van der Waals surface area contributed by atoms with Crippen molar-refractivity contribution in [1.29, 1.82) is 0 Å². The Labute approximate surface area is 176 Å². The molecule has 154 valence electrons. The maximum absolute atomic E-state index is 12.8. The Morgan fingerprint density at radius 2 is 1.97 bits per heavy atom. The Morgan fingerprint density at radius 1 is 1.17 bits per heavy atom. The molecule has 0 bridgehead atoms. The summed E-state index contributed by atoms with van der Waals surface area (Å²) < 4.78 is 5.90. The van der Waals surface area contributed by atoms with Crippen LogP contribution in [-0.4, -0.2) is 46.5 Å². The largest absolute Gasteiger partial charge is 0.437 e. The number of amides is 1. The number of rotatable bonds is 4. The highest BCUT2D eigenvalue weighted by Gasteiger charge is 2.33. The molecule has 29 heavy (non-hydrogen) atoms. The number of anilines is 1. The number of benzene rings is 1. The summed E-state index contributed by atoms with van der Waals surface area (Å²) in [6.45, 7) is 6.33. The molecule has 0 N–H and O–H groups in total. The molecular weight excluding hydrogens is 388 g/mol. The quantitative estimate of drug-likeness (QED) is 0.739. The predicted octanol–water partition coefficient (Wildman–Crippen LogP) is 4.46. The Bertz CT molecular complexity index is 885. The summed E-state index contributed by atoms with van der Waals surface area (Å²) in [5.41, 5.74) is 1.07. The lowest BCUT2D eigenvalue weighted by atomic mass is 10.0. The van der Waals surface area contributed by atoms with Gasteiger partial charge in [0, 0.05) is 37.7 Å². The first-order valence-electron chi connectivity index (χ1n) is 10.3. The number of hydrogen-bond donors (Lipinski definition) is 0. The van der Waals surface area contributed by atoms with Crippen LogP contribution in [0.1, 0.15) is 38.2 Å². The molecule has 2 heterocycles. The van der Waals surface area contributed by atoms with Gasteiger partial charge in [0.2, 0.25) is 11.8 Å². The molecule has 0 radical (unpaired) electrons. The summed E-state index contributed by atoms with van der Waals surface area (Å²) in [4.78, 5) is 25.7. The Morgan fingerprint density at radius 3 is 2.72 bits per heavy atom. The van der Waals surface area contributed by atoms with Gasteiger partial charge in [0.15, 0.2) is 0 Å². The smallest absolute Gasteiger partial charge is 0.226 e. The van der Waals surface area contributed by atoms with Gasteiger partial charge in [-0.25, -0.2) is 9.97 Å². The molecule has 6 nitrogen and oxygen atoms in total. The predicted molar refractivity (Wildman–Crippen MR) is 114 cm³/mol. The van der Waals surface area contributed by atoms with Crippen molar-refractivity contribution >= 4 is 23.3 Å². The number of ether oxygens (including phenoxy) is 1. The van der Waals surface area contributed by atoms with Crippen molar-refractivity contribution in [2.24, 2.45) is 5.92 Å². The SMILES string of the molecule is Cc1ccc(Cl)c(Oc2cc(N3CCN(C(=O)C4CCCC4)[C@@H](C)C3)ncn2)c1. The first kappa shape index (κ1) is 20.0. The van der Waals surface area contributed by atoms with E-state index in [2.05, 4.69) is 26.7 Å². The van der Waals surface area contributed by atoms with Gasteiger partial charge in [-0.15, -0.1) is 0 Å². The van der Waals surface area contributed by atoms with Crippen LogP contribution in [0.3, 0.4) is 0 Å². The number of carbonyl (C=O) groups excluding carboxylic acids is 1. The molecule has 7 heteroatoms. The van der Waals surface area contributed by atoms with E-state index in [1.807, 2.05) is 31.2 Å². The minimum absolute atomic E-state index is 0.155. The Kier molecular flexibility index (Phi) is 5.90. The van der Waals surface area contributed by atoms with Gasteiger partial charge < -0.3 is 14.5 Å². The van der Waals surface area contributed by atoms with Crippen molar-refractivity contribution < 1.29 is 9.53 Å². The van der Waals surface area contributed by atoms with Gasteiger partial charge in [-0.1, -0.05) is 30.5 Å². The van der Waals surface area contributed by atoms with E-state index in [-0.39, 0.29) is 12.0 Å². The number of aryl methyl sites for hydroxylation is 1. The van der Waals surface area contributed by atoms with Crippen LogP contribution in [0.5, 0.6) is 11.6 Å². The van der Waals surface area contributed by atoms with E-state index in [9.17, 15) is 4.79 Å². The van der Waals surface area contributed by atoms with E-state index in [0.717, 1.165) is 43.9 Å². The first-order valence-corrected chi connectivity index (χ1v) is 10.7.